The highest BCUT2D eigenvalue weighted by Crippen LogP contribution is 2.31. The highest BCUT2D eigenvalue weighted by Gasteiger charge is 2.51. The number of hydrogen-bond donors (Lipinski definition) is 3. The normalized spacial score (nSPS) is 42.3. The van der Waals surface area contributed by atoms with Gasteiger partial charge in [-0.15, -0.1) is 0 Å². The summed E-state index contributed by atoms with van der Waals surface area (Å²) >= 11 is 0. The number of aliphatic hydroxyl groups is 3. The molecule has 0 aliphatic carbocycles. The van der Waals surface area contributed by atoms with Gasteiger partial charge in [0.05, 0.1) is 19.8 Å². The Morgan fingerprint density at radius 2 is 2.28 bits per heavy atom. The molecule has 4 bridgehead atoms. The molecule has 0 aromatic rings. The van der Waals surface area contributed by atoms with Crippen molar-refractivity contribution in [2.45, 2.75) is 25.2 Å². The molecule has 3 rings (SSSR count). The maximum atomic E-state index is 9.92. The zero-order chi connectivity index (χ0) is 12.7. The minimum Gasteiger partial charge on any atom is -0.433 e. The molecule has 3 N–H and O–H groups in total. The van der Waals surface area contributed by atoms with Crippen LogP contribution in [0.3, 0.4) is 0 Å². The molecular formula is C9H15N3O6. The van der Waals surface area contributed by atoms with E-state index in [-0.39, 0.29) is 32.4 Å². The number of nitrogens with zero attached hydrogens (tertiary/aromatic N) is 3. The standard InChI is InChI=1S/C9H15N3O6/c13-1-2-16-7-10-8-12-5(14)3-11(7)9(12)17-4-6(15)18-8/h5-7,9,13-15H,1-4H2. The third-order valence-corrected chi connectivity index (χ3v) is 2.93. The van der Waals surface area contributed by atoms with Gasteiger partial charge in [0.1, 0.15) is 12.8 Å². The van der Waals surface area contributed by atoms with Crippen molar-refractivity contribution in [1.29, 1.82) is 0 Å². The van der Waals surface area contributed by atoms with Gasteiger partial charge in [-0.3, -0.25) is 4.90 Å². The maximum Gasteiger partial charge on any atom is 0.298 e. The fourth-order valence-corrected chi connectivity index (χ4v) is 2.21. The lowest BCUT2D eigenvalue weighted by atomic mass is 10.5. The third kappa shape index (κ3) is 1.85. The lowest BCUT2D eigenvalue weighted by molar-refractivity contribution is -0.179. The molecule has 9 nitrogen and oxygen atoms in total. The summed E-state index contributed by atoms with van der Waals surface area (Å²) in [6, 6.07) is 0.0918. The smallest absolute Gasteiger partial charge is 0.298 e. The Balaban J connectivity index is 1.86. The van der Waals surface area contributed by atoms with E-state index in [1.54, 1.807) is 4.90 Å². The Bertz CT molecular complexity index is 353. The average molecular weight is 261 g/mol. The first-order valence-corrected chi connectivity index (χ1v) is 5.69. The molecule has 9 heteroatoms. The number of rotatable bonds is 3. The van der Waals surface area contributed by atoms with Gasteiger partial charge < -0.3 is 29.5 Å². The first-order valence-electron chi connectivity index (χ1n) is 5.69. The van der Waals surface area contributed by atoms with Crippen LogP contribution in [0.2, 0.25) is 0 Å². The molecule has 0 aromatic heterocycles. The molecule has 18 heavy (non-hydrogen) atoms. The van der Waals surface area contributed by atoms with Gasteiger partial charge >= 0.3 is 0 Å². The van der Waals surface area contributed by atoms with Gasteiger partial charge in [-0.05, 0) is 0 Å². The minimum atomic E-state index is -1.13. The molecule has 3 heterocycles. The van der Waals surface area contributed by atoms with Gasteiger partial charge in [-0.1, -0.05) is 0 Å². The number of hydrogen-bond acceptors (Lipinski definition) is 9. The van der Waals surface area contributed by atoms with Crippen molar-refractivity contribution in [1.82, 2.24) is 9.80 Å². The summed E-state index contributed by atoms with van der Waals surface area (Å²) < 4.78 is 16.0. The molecule has 5 atom stereocenters. The van der Waals surface area contributed by atoms with Gasteiger partial charge in [0.15, 0.2) is 6.35 Å². The molecule has 5 unspecified atom stereocenters. The molecule has 2 saturated heterocycles. The van der Waals surface area contributed by atoms with Gasteiger partial charge in [-0.2, -0.15) is 4.99 Å². The predicted molar refractivity (Wildman–Crippen MR) is 55.6 cm³/mol. The van der Waals surface area contributed by atoms with E-state index in [9.17, 15) is 10.2 Å². The van der Waals surface area contributed by atoms with Crippen molar-refractivity contribution in [3.05, 3.63) is 0 Å². The van der Waals surface area contributed by atoms with Crippen LogP contribution in [0.15, 0.2) is 4.99 Å². The lowest BCUT2D eigenvalue weighted by Crippen LogP contribution is -2.53. The predicted octanol–water partition coefficient (Wildman–Crippen LogP) is -2.77. The second-order valence-corrected chi connectivity index (χ2v) is 4.15. The van der Waals surface area contributed by atoms with Gasteiger partial charge in [0, 0.05) is 0 Å². The quantitative estimate of drug-likeness (QED) is 0.501. The summed E-state index contributed by atoms with van der Waals surface area (Å²) in [6.45, 7) is 0.253. The molecule has 3 aliphatic rings. The monoisotopic (exact) mass is 261 g/mol. The summed E-state index contributed by atoms with van der Waals surface area (Å²) in [5.41, 5.74) is 0. The van der Waals surface area contributed by atoms with Crippen LogP contribution < -0.4 is 0 Å². The van der Waals surface area contributed by atoms with E-state index in [0.29, 0.717) is 0 Å². The topological polar surface area (TPSA) is 107 Å². The average Bonchev–Trinajstić information content (AvgIpc) is 2.52. The first-order chi connectivity index (χ1) is 8.70. The van der Waals surface area contributed by atoms with Crippen molar-refractivity contribution >= 4 is 6.02 Å². The van der Waals surface area contributed by atoms with Crippen LogP contribution in [-0.4, -0.2) is 82.7 Å². The van der Waals surface area contributed by atoms with Crippen molar-refractivity contribution in [3.63, 3.8) is 0 Å². The fourth-order valence-electron chi connectivity index (χ4n) is 2.21. The zero-order valence-corrected chi connectivity index (χ0v) is 9.55. The molecular weight excluding hydrogens is 246 g/mol. The van der Waals surface area contributed by atoms with Gasteiger partial charge in [0.2, 0.25) is 12.6 Å². The molecule has 2 fully saturated rings. The Morgan fingerprint density at radius 3 is 3.06 bits per heavy atom. The SMILES string of the molecule is OCCOC1N=C2OC(O)COC3N1CC(O)N23. The van der Waals surface area contributed by atoms with Crippen molar-refractivity contribution in [2.24, 2.45) is 4.99 Å². The maximum absolute atomic E-state index is 9.92. The highest BCUT2D eigenvalue weighted by atomic mass is 16.7. The van der Waals surface area contributed by atoms with Crippen LogP contribution in [0.4, 0.5) is 0 Å². The number of ether oxygens (including phenoxy) is 3. The molecule has 0 amide bonds. The second kappa shape index (κ2) is 4.61. The summed E-state index contributed by atoms with van der Waals surface area (Å²) in [5.74, 6) is 0. The number of amidine groups is 1. The Morgan fingerprint density at radius 1 is 1.44 bits per heavy atom. The van der Waals surface area contributed by atoms with Gasteiger partial charge in [-0.25, -0.2) is 4.90 Å². The minimum absolute atomic E-state index is 0.0177. The van der Waals surface area contributed by atoms with Crippen LogP contribution in [0, 0.1) is 0 Å². The van der Waals surface area contributed by atoms with Crippen molar-refractivity contribution in [3.8, 4) is 0 Å². The van der Waals surface area contributed by atoms with E-state index in [4.69, 9.17) is 19.3 Å². The Hall–Kier alpha value is -0.970. The molecule has 0 radical (unpaired) electrons. The highest BCUT2D eigenvalue weighted by molar-refractivity contribution is 5.75. The summed E-state index contributed by atoms with van der Waals surface area (Å²) in [5, 5.41) is 28.2. The summed E-state index contributed by atoms with van der Waals surface area (Å²) in [7, 11) is 0. The van der Waals surface area contributed by atoms with Crippen molar-refractivity contribution < 1.29 is 29.5 Å². The van der Waals surface area contributed by atoms with E-state index < -0.39 is 25.2 Å². The first kappa shape index (κ1) is 12.1. The second-order valence-electron chi connectivity index (χ2n) is 4.15. The van der Waals surface area contributed by atoms with E-state index in [1.807, 2.05) is 0 Å². The molecule has 3 aliphatic heterocycles. The van der Waals surface area contributed by atoms with E-state index in [1.165, 1.54) is 4.90 Å². The van der Waals surface area contributed by atoms with Crippen LogP contribution >= 0.6 is 0 Å². The zero-order valence-electron chi connectivity index (χ0n) is 9.55. The molecule has 0 spiro atoms. The Kier molecular flexibility index (Phi) is 3.09. The van der Waals surface area contributed by atoms with E-state index in [0.717, 1.165) is 0 Å². The fraction of sp³-hybridized carbons (Fsp3) is 0.889. The molecule has 0 saturated carbocycles. The molecule has 102 valence electrons. The van der Waals surface area contributed by atoms with E-state index >= 15 is 0 Å². The van der Waals surface area contributed by atoms with Crippen LogP contribution in [0.5, 0.6) is 0 Å². The van der Waals surface area contributed by atoms with Crippen molar-refractivity contribution in [2.75, 3.05) is 26.4 Å². The number of aliphatic hydroxyl groups excluding tert-OH is 3. The number of aliphatic imine (C=N–C) groups is 1. The summed E-state index contributed by atoms with van der Waals surface area (Å²) in [4.78, 5) is 7.26. The third-order valence-electron chi connectivity index (χ3n) is 2.93. The Labute approximate surface area is 103 Å². The van der Waals surface area contributed by atoms with Crippen LogP contribution in [-0.2, 0) is 14.2 Å². The largest absolute Gasteiger partial charge is 0.433 e. The van der Waals surface area contributed by atoms with Crippen LogP contribution in [0.25, 0.3) is 0 Å². The lowest BCUT2D eigenvalue weighted by Gasteiger charge is -2.35. The van der Waals surface area contributed by atoms with Gasteiger partial charge in [0.25, 0.3) is 6.02 Å². The van der Waals surface area contributed by atoms with Crippen LogP contribution in [0.1, 0.15) is 0 Å². The molecule has 0 aromatic carbocycles. The van der Waals surface area contributed by atoms with E-state index in [2.05, 4.69) is 4.99 Å². The summed E-state index contributed by atoms with van der Waals surface area (Å²) in [6.07, 6.45) is -3.23.